The largest absolute Gasteiger partial charge is 0.493 e. The molecule has 1 amide bonds. The number of pyridine rings is 1. The van der Waals surface area contributed by atoms with Crippen molar-refractivity contribution in [3.63, 3.8) is 0 Å². The second-order valence-electron chi connectivity index (χ2n) is 9.03. The first-order valence-electron chi connectivity index (χ1n) is 12.8. The zero-order chi connectivity index (χ0) is 29.2. The van der Waals surface area contributed by atoms with E-state index in [2.05, 4.69) is 15.6 Å². The first kappa shape index (κ1) is 28.6. The van der Waals surface area contributed by atoms with Gasteiger partial charge in [0.2, 0.25) is 0 Å². The van der Waals surface area contributed by atoms with Gasteiger partial charge in [-0.25, -0.2) is 0 Å². The minimum Gasteiger partial charge on any atom is -0.493 e. The van der Waals surface area contributed by atoms with E-state index in [0.29, 0.717) is 22.7 Å². The number of hydrogen-bond acceptors (Lipinski definition) is 8. The van der Waals surface area contributed by atoms with Gasteiger partial charge >= 0.3 is 5.97 Å². The van der Waals surface area contributed by atoms with Crippen LogP contribution < -0.4 is 25.8 Å². The maximum absolute atomic E-state index is 14.0. The van der Waals surface area contributed by atoms with Gasteiger partial charge in [0, 0.05) is 36.5 Å². The van der Waals surface area contributed by atoms with Gasteiger partial charge in [-0.3, -0.25) is 20.0 Å². The Hall–Kier alpha value is -5.38. The minimum absolute atomic E-state index is 0.102. The van der Waals surface area contributed by atoms with E-state index in [1.165, 1.54) is 14.0 Å². The fourth-order valence-electron chi connectivity index (χ4n) is 4.09. The fourth-order valence-corrected chi connectivity index (χ4v) is 4.09. The third-order valence-electron chi connectivity index (χ3n) is 6.10. The van der Waals surface area contributed by atoms with Crippen LogP contribution in [0.1, 0.15) is 29.3 Å². The van der Waals surface area contributed by atoms with Crippen molar-refractivity contribution in [3.8, 4) is 11.5 Å². The molecule has 10 heteroatoms. The summed E-state index contributed by atoms with van der Waals surface area (Å²) in [5.74, 6) is -0.679. The Balaban J connectivity index is 1.73. The maximum atomic E-state index is 14.0. The number of anilines is 1. The van der Waals surface area contributed by atoms with E-state index < -0.39 is 17.6 Å². The molecule has 0 saturated carbocycles. The van der Waals surface area contributed by atoms with Crippen molar-refractivity contribution in [2.75, 3.05) is 12.4 Å². The number of benzene rings is 3. The monoisotopic (exact) mass is 553 g/mol. The quantitative estimate of drug-likeness (QED) is 0.0887. The van der Waals surface area contributed by atoms with Gasteiger partial charge in [-0.1, -0.05) is 36.4 Å². The van der Waals surface area contributed by atoms with Crippen molar-refractivity contribution in [2.24, 2.45) is 5.73 Å². The molecule has 210 valence electrons. The lowest BCUT2D eigenvalue weighted by Gasteiger charge is -2.34. The van der Waals surface area contributed by atoms with Crippen LogP contribution >= 0.6 is 0 Å². The van der Waals surface area contributed by atoms with Gasteiger partial charge < -0.3 is 30.6 Å². The van der Waals surface area contributed by atoms with Crippen molar-refractivity contribution in [3.05, 3.63) is 120 Å². The molecule has 0 radical (unpaired) electrons. The van der Waals surface area contributed by atoms with E-state index in [9.17, 15) is 9.59 Å². The molecular formula is C31H31N5O5. The second kappa shape index (κ2) is 13.1. The molecule has 1 aromatic heterocycles. The number of hydrogen-bond donors (Lipinski definition) is 4. The Bertz CT molecular complexity index is 1500. The Kier molecular flexibility index (Phi) is 9.16. The molecule has 4 rings (SSSR count). The Morgan fingerprint density at radius 1 is 0.951 bits per heavy atom. The van der Waals surface area contributed by atoms with Crippen LogP contribution in [-0.4, -0.2) is 29.8 Å². The number of carbonyl (C=O) groups excluding carboxylic acids is 2. The predicted molar refractivity (Wildman–Crippen MR) is 154 cm³/mol. The Labute approximate surface area is 238 Å². The summed E-state index contributed by atoms with van der Waals surface area (Å²) in [7, 11) is 1.48. The van der Waals surface area contributed by atoms with E-state index in [0.717, 1.165) is 11.3 Å². The van der Waals surface area contributed by atoms with Gasteiger partial charge in [0.15, 0.2) is 11.5 Å². The number of amides is 1. The van der Waals surface area contributed by atoms with Gasteiger partial charge in [-0.05, 0) is 60.2 Å². The third kappa shape index (κ3) is 7.18. The van der Waals surface area contributed by atoms with Crippen LogP contribution in [-0.2, 0) is 33.2 Å². The third-order valence-corrected chi connectivity index (χ3v) is 6.10. The van der Waals surface area contributed by atoms with Crippen molar-refractivity contribution in [1.82, 2.24) is 10.3 Å². The Morgan fingerprint density at radius 2 is 1.68 bits per heavy atom. The average Bonchev–Trinajstić information content (AvgIpc) is 2.99. The summed E-state index contributed by atoms with van der Waals surface area (Å²) in [6.07, 6.45) is 1.68. The van der Waals surface area contributed by atoms with Crippen LogP contribution in [0, 0.1) is 5.41 Å². The van der Waals surface area contributed by atoms with Crippen LogP contribution in [0.3, 0.4) is 0 Å². The van der Waals surface area contributed by atoms with Crippen LogP contribution in [0.4, 0.5) is 5.69 Å². The highest BCUT2D eigenvalue weighted by Crippen LogP contribution is 2.36. The molecule has 5 N–H and O–H groups in total. The smallest absolute Gasteiger partial charge is 0.305 e. The van der Waals surface area contributed by atoms with Gasteiger partial charge in [-0.15, -0.1) is 0 Å². The molecule has 0 fully saturated rings. The standard InChI is InChI=1S/C31H31N5O5/c1-21(37)41-31(30(38)35-19-22-8-4-3-5-9-22,36-25-14-11-23(12-15-25)29(32)33)24-13-16-27(28(18-24)39-2)40-20-26-10-6-7-17-34-26/h3-18,36H,19-20H2,1-2H3,(H3,32,33)(H,35,38). The van der Waals surface area contributed by atoms with E-state index in [4.69, 9.17) is 25.4 Å². The lowest BCUT2D eigenvalue weighted by atomic mass is 9.99. The normalized spacial score (nSPS) is 12.0. The minimum atomic E-state index is -1.99. The van der Waals surface area contributed by atoms with Gasteiger partial charge in [0.05, 0.1) is 12.8 Å². The number of esters is 1. The zero-order valence-electron chi connectivity index (χ0n) is 22.7. The molecule has 0 aliphatic rings. The summed E-state index contributed by atoms with van der Waals surface area (Å²) in [5, 5.41) is 13.6. The van der Waals surface area contributed by atoms with Gasteiger partial charge in [0.1, 0.15) is 12.4 Å². The summed E-state index contributed by atoms with van der Waals surface area (Å²) in [4.78, 5) is 30.7. The van der Waals surface area contributed by atoms with E-state index in [1.54, 1.807) is 48.7 Å². The van der Waals surface area contributed by atoms with Gasteiger partial charge in [-0.2, -0.15) is 0 Å². The molecule has 0 aliphatic heterocycles. The van der Waals surface area contributed by atoms with Crippen molar-refractivity contribution < 1.29 is 23.8 Å². The molecule has 3 aromatic carbocycles. The summed E-state index contributed by atoms with van der Waals surface area (Å²) in [6, 6.07) is 26.2. The number of amidine groups is 1. The molecule has 1 heterocycles. The highest BCUT2D eigenvalue weighted by atomic mass is 16.6. The predicted octanol–water partition coefficient (Wildman–Crippen LogP) is 4.10. The first-order valence-corrected chi connectivity index (χ1v) is 12.8. The number of nitrogens with zero attached hydrogens (tertiary/aromatic N) is 1. The second-order valence-corrected chi connectivity index (χ2v) is 9.03. The maximum Gasteiger partial charge on any atom is 0.305 e. The summed E-state index contributed by atoms with van der Waals surface area (Å²) in [6.45, 7) is 1.61. The Morgan fingerprint density at radius 3 is 2.32 bits per heavy atom. The van der Waals surface area contributed by atoms with Crippen LogP contribution in [0.2, 0.25) is 0 Å². The van der Waals surface area contributed by atoms with Crippen LogP contribution in [0.15, 0.2) is 97.2 Å². The number of aromatic nitrogens is 1. The fraction of sp³-hybridized carbons (Fsp3) is 0.161. The van der Waals surface area contributed by atoms with Crippen molar-refractivity contribution in [1.29, 1.82) is 5.41 Å². The number of carbonyl (C=O) groups is 2. The van der Waals surface area contributed by atoms with E-state index in [1.807, 2.05) is 48.5 Å². The average molecular weight is 554 g/mol. The molecule has 0 aliphatic carbocycles. The molecule has 41 heavy (non-hydrogen) atoms. The number of nitrogen functional groups attached to an aromatic ring is 1. The van der Waals surface area contributed by atoms with E-state index >= 15 is 0 Å². The number of methoxy groups -OCH3 is 1. The molecule has 4 aromatic rings. The molecule has 0 saturated heterocycles. The molecular weight excluding hydrogens is 522 g/mol. The molecule has 1 atom stereocenters. The van der Waals surface area contributed by atoms with Crippen LogP contribution in [0.5, 0.6) is 11.5 Å². The summed E-state index contributed by atoms with van der Waals surface area (Å²) >= 11 is 0. The SMILES string of the molecule is COc1cc(C(Nc2ccc(C(=N)N)cc2)(OC(C)=O)C(=O)NCc2ccccc2)ccc1OCc1ccccn1. The molecule has 1 unspecified atom stereocenters. The topological polar surface area (TPSA) is 149 Å². The first-order chi connectivity index (χ1) is 19.8. The zero-order valence-corrected chi connectivity index (χ0v) is 22.7. The van der Waals surface area contributed by atoms with Crippen molar-refractivity contribution in [2.45, 2.75) is 25.8 Å². The van der Waals surface area contributed by atoms with Crippen molar-refractivity contribution >= 4 is 23.4 Å². The highest BCUT2D eigenvalue weighted by Gasteiger charge is 2.45. The molecule has 10 nitrogen and oxygen atoms in total. The van der Waals surface area contributed by atoms with Crippen LogP contribution in [0.25, 0.3) is 0 Å². The lowest BCUT2D eigenvalue weighted by Crippen LogP contribution is -2.52. The highest BCUT2D eigenvalue weighted by molar-refractivity contribution is 5.95. The van der Waals surface area contributed by atoms with Gasteiger partial charge in [0.25, 0.3) is 11.6 Å². The number of rotatable bonds is 12. The summed E-state index contributed by atoms with van der Waals surface area (Å²) in [5.41, 5.74) is 6.42. The number of ether oxygens (including phenoxy) is 3. The number of nitrogens with one attached hydrogen (secondary N) is 3. The number of nitrogens with two attached hydrogens (primary N) is 1. The summed E-state index contributed by atoms with van der Waals surface area (Å²) < 4.78 is 17.3. The van der Waals surface area contributed by atoms with E-state index in [-0.39, 0.29) is 24.6 Å². The lowest BCUT2D eigenvalue weighted by molar-refractivity contribution is -0.165. The molecule has 0 spiro atoms. The molecule has 0 bridgehead atoms.